The Morgan fingerprint density at radius 3 is 2.88 bits per heavy atom. The predicted octanol–water partition coefficient (Wildman–Crippen LogP) is 1.61. The summed E-state index contributed by atoms with van der Waals surface area (Å²) in [6.07, 6.45) is 0.426. The van der Waals surface area contributed by atoms with Gasteiger partial charge in [0.05, 0.1) is 0 Å². The van der Waals surface area contributed by atoms with Gasteiger partial charge in [0.1, 0.15) is 11.7 Å². The van der Waals surface area contributed by atoms with Gasteiger partial charge in [-0.2, -0.15) is 0 Å². The molecule has 1 aromatic carbocycles. The van der Waals surface area contributed by atoms with Gasteiger partial charge >= 0.3 is 0 Å². The van der Waals surface area contributed by atoms with Crippen molar-refractivity contribution in [1.29, 1.82) is 0 Å². The summed E-state index contributed by atoms with van der Waals surface area (Å²) in [5.41, 5.74) is 5.93. The molecule has 0 bridgehead atoms. The Hall–Kier alpha value is -1.62. The van der Waals surface area contributed by atoms with Crippen LogP contribution in [0.2, 0.25) is 0 Å². The summed E-state index contributed by atoms with van der Waals surface area (Å²) in [6.45, 7) is 2.40. The standard InChI is InChI=1S/C11H16FN3O/c1-8(14-7-6-11(13)15-16)9-4-2-3-5-10(9)12/h2-5,8,14,16H,6-7H2,1H3,(H2,13,15). The Labute approximate surface area is 94.0 Å². The molecule has 0 amide bonds. The molecule has 0 heterocycles. The van der Waals surface area contributed by atoms with E-state index in [0.29, 0.717) is 18.5 Å². The Bertz CT molecular complexity index is 368. The molecule has 1 aromatic rings. The highest BCUT2D eigenvalue weighted by atomic mass is 19.1. The van der Waals surface area contributed by atoms with Gasteiger partial charge in [-0.05, 0) is 13.0 Å². The Kier molecular flexibility index (Phi) is 4.72. The number of nitrogens with two attached hydrogens (primary N) is 1. The second kappa shape index (κ2) is 6.07. The molecule has 0 spiro atoms. The summed E-state index contributed by atoms with van der Waals surface area (Å²) in [5.74, 6) is -0.0699. The molecule has 0 aliphatic heterocycles. The van der Waals surface area contributed by atoms with Gasteiger partial charge in [0, 0.05) is 24.6 Å². The van der Waals surface area contributed by atoms with E-state index >= 15 is 0 Å². The zero-order valence-electron chi connectivity index (χ0n) is 9.15. The lowest BCUT2D eigenvalue weighted by molar-refractivity contribution is 0.316. The zero-order chi connectivity index (χ0) is 12.0. The number of nitrogens with one attached hydrogen (secondary N) is 1. The molecule has 0 aromatic heterocycles. The van der Waals surface area contributed by atoms with E-state index in [1.165, 1.54) is 6.07 Å². The number of amidine groups is 1. The average Bonchev–Trinajstić information content (AvgIpc) is 2.29. The smallest absolute Gasteiger partial charge is 0.140 e. The van der Waals surface area contributed by atoms with E-state index in [2.05, 4.69) is 10.5 Å². The first-order valence-corrected chi connectivity index (χ1v) is 5.09. The molecule has 1 rings (SSSR count). The normalized spacial score (nSPS) is 13.8. The monoisotopic (exact) mass is 225 g/mol. The zero-order valence-corrected chi connectivity index (χ0v) is 9.15. The van der Waals surface area contributed by atoms with Crippen molar-refractivity contribution in [2.24, 2.45) is 10.9 Å². The molecule has 0 saturated carbocycles. The molecule has 1 atom stereocenters. The van der Waals surface area contributed by atoms with Crippen molar-refractivity contribution in [2.45, 2.75) is 19.4 Å². The number of rotatable bonds is 5. The molecule has 0 radical (unpaired) electrons. The molecule has 4 nitrogen and oxygen atoms in total. The molecule has 0 aliphatic rings. The van der Waals surface area contributed by atoms with Gasteiger partial charge in [-0.25, -0.2) is 4.39 Å². The van der Waals surface area contributed by atoms with Crippen LogP contribution < -0.4 is 11.1 Å². The largest absolute Gasteiger partial charge is 0.409 e. The van der Waals surface area contributed by atoms with E-state index in [1.54, 1.807) is 18.2 Å². The summed E-state index contributed by atoms with van der Waals surface area (Å²) in [6, 6.07) is 6.50. The molecule has 5 heteroatoms. The first kappa shape index (κ1) is 12.4. The highest BCUT2D eigenvalue weighted by molar-refractivity contribution is 5.79. The fourth-order valence-electron chi connectivity index (χ4n) is 1.40. The molecule has 4 N–H and O–H groups in total. The maximum atomic E-state index is 13.4. The van der Waals surface area contributed by atoms with Crippen molar-refractivity contribution in [3.63, 3.8) is 0 Å². The van der Waals surface area contributed by atoms with E-state index in [9.17, 15) is 4.39 Å². The van der Waals surface area contributed by atoms with Crippen LogP contribution in [0.3, 0.4) is 0 Å². The van der Waals surface area contributed by atoms with E-state index in [4.69, 9.17) is 10.9 Å². The van der Waals surface area contributed by atoms with Crippen molar-refractivity contribution in [2.75, 3.05) is 6.54 Å². The molecule has 1 unspecified atom stereocenters. The van der Waals surface area contributed by atoms with Crippen LogP contribution in [0, 0.1) is 5.82 Å². The van der Waals surface area contributed by atoms with Gasteiger partial charge in [-0.1, -0.05) is 23.4 Å². The van der Waals surface area contributed by atoms with E-state index in [0.717, 1.165) is 0 Å². The lowest BCUT2D eigenvalue weighted by Crippen LogP contribution is -2.25. The number of hydrogen-bond acceptors (Lipinski definition) is 3. The number of benzene rings is 1. The first-order valence-electron chi connectivity index (χ1n) is 5.09. The lowest BCUT2D eigenvalue weighted by Gasteiger charge is -2.14. The fraction of sp³-hybridized carbons (Fsp3) is 0.364. The highest BCUT2D eigenvalue weighted by Gasteiger charge is 2.08. The third-order valence-corrected chi connectivity index (χ3v) is 2.33. The van der Waals surface area contributed by atoms with Crippen LogP contribution in [0.5, 0.6) is 0 Å². The van der Waals surface area contributed by atoms with Gasteiger partial charge < -0.3 is 16.3 Å². The van der Waals surface area contributed by atoms with Crippen LogP contribution in [-0.2, 0) is 0 Å². The molecule has 88 valence electrons. The highest BCUT2D eigenvalue weighted by Crippen LogP contribution is 2.15. The van der Waals surface area contributed by atoms with Gasteiger partial charge in [-0.15, -0.1) is 0 Å². The van der Waals surface area contributed by atoms with Crippen LogP contribution in [0.1, 0.15) is 24.9 Å². The number of halogens is 1. The van der Waals surface area contributed by atoms with Crippen molar-refractivity contribution in [3.8, 4) is 0 Å². The number of nitrogens with zero attached hydrogens (tertiary/aromatic N) is 1. The molecule has 16 heavy (non-hydrogen) atoms. The van der Waals surface area contributed by atoms with Crippen LogP contribution in [0.4, 0.5) is 4.39 Å². The van der Waals surface area contributed by atoms with Crippen molar-refractivity contribution >= 4 is 5.84 Å². The van der Waals surface area contributed by atoms with Crippen molar-refractivity contribution in [3.05, 3.63) is 35.6 Å². The maximum absolute atomic E-state index is 13.4. The van der Waals surface area contributed by atoms with Gasteiger partial charge in [0.2, 0.25) is 0 Å². The molecule has 0 fully saturated rings. The topological polar surface area (TPSA) is 70.6 Å². The minimum atomic E-state index is -0.230. The SMILES string of the molecule is CC(NCCC(N)=NO)c1ccccc1F. The Morgan fingerprint density at radius 2 is 2.25 bits per heavy atom. The lowest BCUT2D eigenvalue weighted by atomic mass is 10.1. The second-order valence-corrected chi connectivity index (χ2v) is 3.54. The Morgan fingerprint density at radius 1 is 1.56 bits per heavy atom. The third-order valence-electron chi connectivity index (χ3n) is 2.33. The summed E-state index contributed by atoms with van der Waals surface area (Å²) in [5, 5.41) is 14.3. The molecule has 0 saturated heterocycles. The number of oxime groups is 1. The van der Waals surface area contributed by atoms with Crippen LogP contribution >= 0.6 is 0 Å². The molecule has 0 aliphatic carbocycles. The van der Waals surface area contributed by atoms with Gasteiger partial charge in [0.15, 0.2) is 0 Å². The quantitative estimate of drug-likeness (QED) is 0.308. The first-order chi connectivity index (χ1) is 7.65. The van der Waals surface area contributed by atoms with Crippen LogP contribution in [0.15, 0.2) is 29.4 Å². The predicted molar refractivity (Wildman–Crippen MR) is 60.8 cm³/mol. The van der Waals surface area contributed by atoms with Crippen LogP contribution in [0.25, 0.3) is 0 Å². The van der Waals surface area contributed by atoms with E-state index < -0.39 is 0 Å². The third kappa shape index (κ3) is 3.51. The summed E-state index contributed by atoms with van der Waals surface area (Å²) in [7, 11) is 0. The minimum absolute atomic E-state index is 0.104. The number of hydrogen-bond donors (Lipinski definition) is 3. The summed E-state index contributed by atoms with van der Waals surface area (Å²) in [4.78, 5) is 0. The second-order valence-electron chi connectivity index (χ2n) is 3.54. The van der Waals surface area contributed by atoms with E-state index in [-0.39, 0.29) is 17.7 Å². The van der Waals surface area contributed by atoms with Crippen LogP contribution in [-0.4, -0.2) is 17.6 Å². The molecular formula is C11H16FN3O. The summed E-state index contributed by atoms with van der Waals surface area (Å²) >= 11 is 0. The van der Waals surface area contributed by atoms with Gasteiger partial charge in [0.25, 0.3) is 0 Å². The van der Waals surface area contributed by atoms with Crippen molar-refractivity contribution < 1.29 is 9.60 Å². The Balaban J connectivity index is 2.47. The average molecular weight is 225 g/mol. The maximum Gasteiger partial charge on any atom is 0.140 e. The summed E-state index contributed by atoms with van der Waals surface area (Å²) < 4.78 is 13.4. The van der Waals surface area contributed by atoms with Gasteiger partial charge in [-0.3, -0.25) is 0 Å². The molecular weight excluding hydrogens is 209 g/mol. The van der Waals surface area contributed by atoms with Crippen molar-refractivity contribution in [1.82, 2.24) is 5.32 Å². The fourth-order valence-corrected chi connectivity index (χ4v) is 1.40. The minimum Gasteiger partial charge on any atom is -0.409 e. The van der Waals surface area contributed by atoms with E-state index in [1.807, 2.05) is 6.92 Å².